The summed E-state index contributed by atoms with van der Waals surface area (Å²) >= 11 is 0. The minimum Gasteiger partial charge on any atom is -0.309 e. The smallest absolute Gasteiger partial charge is 0.0449 e. The number of hydrogen-bond acceptors (Lipinski definition) is 2. The lowest BCUT2D eigenvalue weighted by atomic mass is 9.79. The van der Waals surface area contributed by atoms with Crippen LogP contribution in [0.3, 0.4) is 0 Å². The van der Waals surface area contributed by atoms with Crippen LogP contribution in [0.5, 0.6) is 0 Å². The van der Waals surface area contributed by atoms with Crippen LogP contribution in [0.4, 0.5) is 0 Å². The minimum absolute atomic E-state index is 0.454. The Labute approximate surface area is 118 Å². The Hall–Kier alpha value is -0.860. The van der Waals surface area contributed by atoms with Crippen molar-refractivity contribution in [3.05, 3.63) is 35.4 Å². The van der Waals surface area contributed by atoms with Crippen LogP contribution in [0.25, 0.3) is 0 Å². The molecular formula is C17H28N2. The molecule has 1 aliphatic carbocycles. The van der Waals surface area contributed by atoms with Crippen LogP contribution >= 0.6 is 0 Å². The van der Waals surface area contributed by atoms with Crippen LogP contribution in [0.1, 0.15) is 55.7 Å². The largest absolute Gasteiger partial charge is 0.309 e. The molecule has 2 rings (SSSR count). The van der Waals surface area contributed by atoms with E-state index in [2.05, 4.69) is 55.5 Å². The Morgan fingerprint density at radius 2 is 2.11 bits per heavy atom. The zero-order chi connectivity index (χ0) is 13.7. The summed E-state index contributed by atoms with van der Waals surface area (Å²) in [5.41, 5.74) is 3.00. The van der Waals surface area contributed by atoms with Gasteiger partial charge in [0.1, 0.15) is 0 Å². The van der Waals surface area contributed by atoms with E-state index in [0.717, 1.165) is 19.0 Å². The average Bonchev–Trinajstić information content (AvgIpc) is 2.32. The standard InChI is InChI=1S/C17H28N2/c1-4-11-18-17(13-19(2)3)16-10-6-9-15(12-16)14-7-5-8-14/h6,9-10,12,14,17-18H,4-5,7-8,11,13H2,1-3H3. The molecule has 1 aliphatic rings. The highest BCUT2D eigenvalue weighted by Crippen LogP contribution is 2.37. The van der Waals surface area contributed by atoms with E-state index < -0.39 is 0 Å². The van der Waals surface area contributed by atoms with E-state index in [-0.39, 0.29) is 0 Å². The Balaban J connectivity index is 2.09. The molecule has 0 heterocycles. The molecule has 19 heavy (non-hydrogen) atoms. The SMILES string of the molecule is CCCNC(CN(C)C)c1cccc(C2CCC2)c1. The summed E-state index contributed by atoms with van der Waals surface area (Å²) in [6, 6.07) is 9.70. The van der Waals surface area contributed by atoms with Gasteiger partial charge in [-0.1, -0.05) is 37.6 Å². The van der Waals surface area contributed by atoms with Crippen molar-refractivity contribution < 1.29 is 0 Å². The van der Waals surface area contributed by atoms with Crippen LogP contribution in [-0.4, -0.2) is 32.1 Å². The van der Waals surface area contributed by atoms with E-state index >= 15 is 0 Å². The molecule has 2 nitrogen and oxygen atoms in total. The van der Waals surface area contributed by atoms with Crippen molar-refractivity contribution in [2.24, 2.45) is 0 Å². The Morgan fingerprint density at radius 3 is 2.68 bits per heavy atom. The lowest BCUT2D eigenvalue weighted by Gasteiger charge is -2.28. The average molecular weight is 260 g/mol. The molecule has 0 saturated heterocycles. The van der Waals surface area contributed by atoms with Crippen LogP contribution in [0, 0.1) is 0 Å². The third kappa shape index (κ3) is 4.05. The first-order chi connectivity index (χ1) is 9.20. The number of benzene rings is 1. The van der Waals surface area contributed by atoms with Crippen molar-refractivity contribution in [2.45, 2.75) is 44.6 Å². The molecular weight excluding hydrogens is 232 g/mol. The van der Waals surface area contributed by atoms with Crippen LogP contribution in [0.15, 0.2) is 24.3 Å². The normalized spacial score (nSPS) is 17.5. The van der Waals surface area contributed by atoms with Gasteiger partial charge < -0.3 is 10.2 Å². The van der Waals surface area contributed by atoms with Crippen molar-refractivity contribution in [3.8, 4) is 0 Å². The predicted octanol–water partition coefficient (Wildman–Crippen LogP) is 3.56. The third-order valence-corrected chi connectivity index (χ3v) is 4.08. The molecule has 1 aromatic rings. The van der Waals surface area contributed by atoms with Gasteiger partial charge >= 0.3 is 0 Å². The number of rotatable bonds is 7. The topological polar surface area (TPSA) is 15.3 Å². The summed E-state index contributed by atoms with van der Waals surface area (Å²) < 4.78 is 0. The second-order valence-electron chi connectivity index (χ2n) is 6.07. The number of nitrogens with zero attached hydrogens (tertiary/aromatic N) is 1. The van der Waals surface area contributed by atoms with Gasteiger partial charge in [0.05, 0.1) is 0 Å². The van der Waals surface area contributed by atoms with Crippen LogP contribution in [-0.2, 0) is 0 Å². The van der Waals surface area contributed by atoms with Crippen molar-refractivity contribution in [1.29, 1.82) is 0 Å². The van der Waals surface area contributed by atoms with E-state index in [1.165, 1.54) is 31.2 Å². The molecule has 1 N–H and O–H groups in total. The van der Waals surface area contributed by atoms with Gasteiger partial charge in [-0.25, -0.2) is 0 Å². The summed E-state index contributed by atoms with van der Waals surface area (Å²) in [5.74, 6) is 0.825. The first kappa shape index (κ1) is 14.5. The second kappa shape index (κ2) is 7.06. The van der Waals surface area contributed by atoms with Crippen molar-refractivity contribution >= 4 is 0 Å². The highest BCUT2D eigenvalue weighted by Gasteiger charge is 2.20. The Morgan fingerprint density at radius 1 is 1.32 bits per heavy atom. The monoisotopic (exact) mass is 260 g/mol. The van der Waals surface area contributed by atoms with Crippen LogP contribution < -0.4 is 5.32 Å². The van der Waals surface area contributed by atoms with Crippen molar-refractivity contribution in [2.75, 3.05) is 27.2 Å². The molecule has 0 aliphatic heterocycles. The fourth-order valence-electron chi connectivity index (χ4n) is 2.74. The second-order valence-corrected chi connectivity index (χ2v) is 6.07. The molecule has 1 atom stereocenters. The van der Waals surface area contributed by atoms with Gasteiger partial charge in [-0.3, -0.25) is 0 Å². The van der Waals surface area contributed by atoms with Gasteiger partial charge in [-0.2, -0.15) is 0 Å². The minimum atomic E-state index is 0.454. The maximum absolute atomic E-state index is 3.68. The molecule has 0 aromatic heterocycles. The predicted molar refractivity (Wildman–Crippen MR) is 82.6 cm³/mol. The fraction of sp³-hybridized carbons (Fsp3) is 0.647. The summed E-state index contributed by atoms with van der Waals surface area (Å²) in [5, 5.41) is 3.68. The summed E-state index contributed by atoms with van der Waals surface area (Å²) in [4.78, 5) is 2.27. The van der Waals surface area contributed by atoms with Gasteiger partial charge in [0.25, 0.3) is 0 Å². The summed E-state index contributed by atoms with van der Waals surface area (Å²) in [6.45, 7) is 4.38. The molecule has 0 bridgehead atoms. The number of likely N-dealkylation sites (N-methyl/N-ethyl adjacent to an activating group) is 1. The summed E-state index contributed by atoms with van der Waals surface area (Å²) in [7, 11) is 4.30. The zero-order valence-electron chi connectivity index (χ0n) is 12.7. The summed E-state index contributed by atoms with van der Waals surface area (Å²) in [6.07, 6.45) is 5.35. The third-order valence-electron chi connectivity index (χ3n) is 4.08. The van der Waals surface area contributed by atoms with Gasteiger partial charge in [-0.05, 0) is 56.9 Å². The maximum atomic E-state index is 3.68. The van der Waals surface area contributed by atoms with Crippen molar-refractivity contribution in [1.82, 2.24) is 10.2 Å². The highest BCUT2D eigenvalue weighted by molar-refractivity contribution is 5.30. The Kier molecular flexibility index (Phi) is 5.41. The van der Waals surface area contributed by atoms with Crippen molar-refractivity contribution in [3.63, 3.8) is 0 Å². The first-order valence-corrected chi connectivity index (χ1v) is 7.68. The van der Waals surface area contributed by atoms with Gasteiger partial charge in [-0.15, -0.1) is 0 Å². The molecule has 1 saturated carbocycles. The quantitative estimate of drug-likeness (QED) is 0.806. The number of nitrogens with one attached hydrogen (secondary N) is 1. The first-order valence-electron chi connectivity index (χ1n) is 7.68. The lowest BCUT2D eigenvalue weighted by molar-refractivity contribution is 0.341. The molecule has 1 unspecified atom stereocenters. The number of hydrogen-bond donors (Lipinski definition) is 1. The molecule has 0 amide bonds. The Bertz CT molecular complexity index is 383. The van der Waals surface area contributed by atoms with E-state index in [4.69, 9.17) is 0 Å². The highest BCUT2D eigenvalue weighted by atomic mass is 15.1. The molecule has 0 spiro atoms. The molecule has 106 valence electrons. The fourth-order valence-corrected chi connectivity index (χ4v) is 2.74. The maximum Gasteiger partial charge on any atom is 0.0449 e. The van der Waals surface area contributed by atoms with E-state index in [9.17, 15) is 0 Å². The van der Waals surface area contributed by atoms with E-state index in [0.29, 0.717) is 6.04 Å². The van der Waals surface area contributed by atoms with Gasteiger partial charge in [0.15, 0.2) is 0 Å². The van der Waals surface area contributed by atoms with Gasteiger partial charge in [0.2, 0.25) is 0 Å². The molecule has 1 aromatic carbocycles. The van der Waals surface area contributed by atoms with Gasteiger partial charge in [0, 0.05) is 12.6 Å². The molecule has 1 fully saturated rings. The zero-order valence-corrected chi connectivity index (χ0v) is 12.7. The van der Waals surface area contributed by atoms with E-state index in [1.54, 1.807) is 5.56 Å². The van der Waals surface area contributed by atoms with E-state index in [1.807, 2.05) is 0 Å². The molecule has 2 heteroatoms. The van der Waals surface area contributed by atoms with Crippen LogP contribution in [0.2, 0.25) is 0 Å². The lowest BCUT2D eigenvalue weighted by Crippen LogP contribution is -2.31. The molecule has 0 radical (unpaired) electrons.